The molecule has 1 unspecified atom stereocenters. The molecule has 1 heterocycles. The van der Waals surface area contributed by atoms with Crippen LogP contribution < -0.4 is 9.21 Å². The molecule has 2 aromatic rings. The van der Waals surface area contributed by atoms with Gasteiger partial charge in [-0.2, -0.15) is 0 Å². The first-order chi connectivity index (χ1) is 12.3. The smallest absolute Gasteiger partial charge is 0.232 e. The highest BCUT2D eigenvalue weighted by atomic mass is 32.2. The summed E-state index contributed by atoms with van der Waals surface area (Å²) >= 11 is 0. The number of aryl methyl sites for hydroxylation is 1. The van der Waals surface area contributed by atoms with Crippen molar-refractivity contribution in [1.82, 2.24) is 0 Å². The average Bonchev–Trinajstić information content (AvgIpc) is 2.89. The van der Waals surface area contributed by atoms with Crippen LogP contribution in [0.15, 0.2) is 48.5 Å². The Morgan fingerprint density at radius 3 is 2.62 bits per heavy atom. The van der Waals surface area contributed by atoms with Crippen LogP contribution in [0.3, 0.4) is 0 Å². The molecule has 0 bridgehead atoms. The molecule has 26 heavy (non-hydrogen) atoms. The van der Waals surface area contributed by atoms with Crippen LogP contribution in [0.4, 0.5) is 11.4 Å². The second kappa shape index (κ2) is 7.11. The molecule has 1 atom stereocenters. The zero-order valence-corrected chi connectivity index (χ0v) is 16.2. The molecule has 138 valence electrons. The van der Waals surface area contributed by atoms with E-state index in [0.717, 1.165) is 23.2 Å². The van der Waals surface area contributed by atoms with E-state index < -0.39 is 10.0 Å². The summed E-state index contributed by atoms with van der Waals surface area (Å²) in [6.07, 6.45) is 2.14. The molecule has 1 aliphatic heterocycles. The van der Waals surface area contributed by atoms with Crippen molar-refractivity contribution in [1.29, 1.82) is 0 Å². The highest BCUT2D eigenvalue weighted by Crippen LogP contribution is 2.32. The second-order valence-corrected chi connectivity index (χ2v) is 8.78. The van der Waals surface area contributed by atoms with Gasteiger partial charge in [-0.1, -0.05) is 30.3 Å². The number of hydrogen-bond acceptors (Lipinski definition) is 3. The molecule has 0 aromatic heterocycles. The van der Waals surface area contributed by atoms with Crippen molar-refractivity contribution in [2.24, 2.45) is 0 Å². The first-order valence-corrected chi connectivity index (χ1v) is 10.6. The first kappa shape index (κ1) is 18.5. The van der Waals surface area contributed by atoms with Crippen LogP contribution in [0, 0.1) is 6.92 Å². The fraction of sp³-hybridized carbons (Fsp3) is 0.350. The number of anilines is 2. The van der Waals surface area contributed by atoms with Crippen LogP contribution in [0.1, 0.15) is 24.5 Å². The maximum absolute atomic E-state index is 12.9. The minimum atomic E-state index is -3.47. The van der Waals surface area contributed by atoms with Crippen LogP contribution in [-0.4, -0.2) is 33.2 Å². The molecule has 3 rings (SSSR count). The van der Waals surface area contributed by atoms with Gasteiger partial charge in [0.1, 0.15) is 0 Å². The van der Waals surface area contributed by atoms with Crippen molar-refractivity contribution in [3.63, 3.8) is 0 Å². The summed E-state index contributed by atoms with van der Waals surface area (Å²) < 4.78 is 25.8. The molecule has 0 saturated carbocycles. The summed E-state index contributed by atoms with van der Waals surface area (Å²) in [5, 5.41) is 0. The summed E-state index contributed by atoms with van der Waals surface area (Å²) in [5.41, 5.74) is 3.67. The van der Waals surface area contributed by atoms with E-state index in [2.05, 4.69) is 0 Å². The average molecular weight is 372 g/mol. The van der Waals surface area contributed by atoms with Gasteiger partial charge in [-0.25, -0.2) is 8.42 Å². The Bertz CT molecular complexity index is 924. The Morgan fingerprint density at radius 1 is 1.19 bits per heavy atom. The largest absolute Gasteiger partial charge is 0.309 e. The van der Waals surface area contributed by atoms with E-state index in [-0.39, 0.29) is 24.9 Å². The normalized spacial score (nSPS) is 16.4. The molecule has 0 radical (unpaired) electrons. The number of para-hydroxylation sites is 1. The number of nitrogens with zero attached hydrogens (tertiary/aromatic N) is 2. The van der Waals surface area contributed by atoms with Crippen molar-refractivity contribution < 1.29 is 13.2 Å². The molecule has 0 saturated heterocycles. The van der Waals surface area contributed by atoms with E-state index in [9.17, 15) is 13.2 Å². The number of carbonyl (C=O) groups excluding carboxylic acids is 1. The standard InChI is InChI=1S/C20H24N2O3S/c1-15-7-6-9-18(13-15)21(26(3,24)25)12-11-20(23)22-16(2)14-17-8-4-5-10-19(17)22/h4-10,13,16H,11-12,14H2,1-3H3. The summed E-state index contributed by atoms with van der Waals surface area (Å²) in [4.78, 5) is 14.7. The number of carbonyl (C=O) groups is 1. The van der Waals surface area contributed by atoms with Crippen molar-refractivity contribution in [2.45, 2.75) is 32.7 Å². The molecule has 0 spiro atoms. The van der Waals surface area contributed by atoms with Gasteiger partial charge in [0.05, 0.1) is 11.9 Å². The van der Waals surface area contributed by atoms with Gasteiger partial charge in [-0.3, -0.25) is 9.10 Å². The molecule has 0 aliphatic carbocycles. The Labute approximate surface area is 155 Å². The quantitative estimate of drug-likeness (QED) is 0.810. The van der Waals surface area contributed by atoms with Crippen molar-refractivity contribution >= 4 is 27.3 Å². The van der Waals surface area contributed by atoms with Crippen LogP contribution in [0.5, 0.6) is 0 Å². The first-order valence-electron chi connectivity index (χ1n) is 8.71. The summed E-state index contributed by atoms with van der Waals surface area (Å²) in [6, 6.07) is 15.3. The Balaban J connectivity index is 1.79. The number of sulfonamides is 1. The number of benzene rings is 2. The van der Waals surface area contributed by atoms with Crippen molar-refractivity contribution in [3.05, 3.63) is 59.7 Å². The zero-order chi connectivity index (χ0) is 18.9. The van der Waals surface area contributed by atoms with E-state index in [1.165, 1.54) is 10.6 Å². The lowest BCUT2D eigenvalue weighted by molar-refractivity contribution is -0.118. The van der Waals surface area contributed by atoms with Crippen molar-refractivity contribution in [2.75, 3.05) is 22.0 Å². The van der Waals surface area contributed by atoms with Crippen LogP contribution in [-0.2, 0) is 21.2 Å². The van der Waals surface area contributed by atoms with Gasteiger partial charge >= 0.3 is 0 Å². The predicted molar refractivity (Wildman–Crippen MR) is 105 cm³/mol. The number of amides is 1. The lowest BCUT2D eigenvalue weighted by atomic mass is 10.1. The molecule has 1 amide bonds. The lowest BCUT2D eigenvalue weighted by Crippen LogP contribution is -2.39. The van der Waals surface area contributed by atoms with Gasteiger partial charge in [0.15, 0.2) is 0 Å². The monoisotopic (exact) mass is 372 g/mol. The zero-order valence-electron chi connectivity index (χ0n) is 15.3. The third-order valence-corrected chi connectivity index (χ3v) is 5.89. The fourth-order valence-corrected chi connectivity index (χ4v) is 4.45. The predicted octanol–water partition coefficient (Wildman–Crippen LogP) is 3.13. The molecule has 6 heteroatoms. The van der Waals surface area contributed by atoms with Gasteiger partial charge in [0, 0.05) is 24.7 Å². The molecule has 1 aliphatic rings. The van der Waals surface area contributed by atoms with Gasteiger partial charge in [0.2, 0.25) is 15.9 Å². The lowest BCUT2D eigenvalue weighted by Gasteiger charge is -2.26. The topological polar surface area (TPSA) is 57.7 Å². The van der Waals surface area contributed by atoms with E-state index >= 15 is 0 Å². The number of hydrogen-bond donors (Lipinski definition) is 0. The second-order valence-electron chi connectivity index (χ2n) is 6.87. The van der Waals surface area contributed by atoms with Crippen LogP contribution >= 0.6 is 0 Å². The van der Waals surface area contributed by atoms with Crippen molar-refractivity contribution in [3.8, 4) is 0 Å². The summed E-state index contributed by atoms with van der Waals surface area (Å²) in [7, 11) is -3.47. The van der Waals surface area contributed by atoms with E-state index in [4.69, 9.17) is 0 Å². The SMILES string of the molecule is Cc1cccc(N(CCC(=O)N2c3ccccc3CC2C)S(C)(=O)=O)c1. The van der Waals surface area contributed by atoms with E-state index in [1.807, 2.05) is 56.3 Å². The highest BCUT2D eigenvalue weighted by molar-refractivity contribution is 7.92. The van der Waals surface area contributed by atoms with Gasteiger partial charge in [-0.15, -0.1) is 0 Å². The van der Waals surface area contributed by atoms with Gasteiger partial charge in [0.25, 0.3) is 0 Å². The highest BCUT2D eigenvalue weighted by Gasteiger charge is 2.31. The fourth-order valence-electron chi connectivity index (χ4n) is 3.53. The minimum absolute atomic E-state index is 0.0521. The third-order valence-electron chi connectivity index (χ3n) is 4.69. The molecular formula is C20H24N2O3S. The molecule has 0 N–H and O–H groups in total. The maximum atomic E-state index is 12.9. The number of fused-ring (bicyclic) bond motifs is 1. The third kappa shape index (κ3) is 3.75. The number of rotatable bonds is 5. The minimum Gasteiger partial charge on any atom is -0.309 e. The maximum Gasteiger partial charge on any atom is 0.232 e. The molecule has 2 aromatic carbocycles. The molecule has 5 nitrogen and oxygen atoms in total. The van der Waals surface area contributed by atoms with E-state index in [0.29, 0.717) is 5.69 Å². The van der Waals surface area contributed by atoms with Crippen LogP contribution in [0.25, 0.3) is 0 Å². The van der Waals surface area contributed by atoms with Crippen LogP contribution in [0.2, 0.25) is 0 Å². The Morgan fingerprint density at radius 2 is 1.92 bits per heavy atom. The Kier molecular flexibility index (Phi) is 5.05. The van der Waals surface area contributed by atoms with Gasteiger partial charge < -0.3 is 4.90 Å². The van der Waals surface area contributed by atoms with E-state index in [1.54, 1.807) is 11.0 Å². The molecule has 0 fully saturated rings. The summed E-state index contributed by atoms with van der Waals surface area (Å²) in [6.45, 7) is 4.07. The molecular weight excluding hydrogens is 348 g/mol. The Hall–Kier alpha value is -2.34. The summed E-state index contributed by atoms with van der Waals surface area (Å²) in [5.74, 6) is -0.0521. The van der Waals surface area contributed by atoms with Gasteiger partial charge in [-0.05, 0) is 49.6 Å².